The van der Waals surface area contributed by atoms with Crippen LogP contribution in [0.4, 0.5) is 0 Å². The first-order chi connectivity index (χ1) is 13.7. The van der Waals surface area contributed by atoms with Gasteiger partial charge in [0.05, 0.1) is 44.5 Å². The van der Waals surface area contributed by atoms with Crippen molar-refractivity contribution in [2.24, 2.45) is 9.98 Å². The number of nitrogens with zero attached hydrogens (tertiary/aromatic N) is 4. The Balaban J connectivity index is 1.47. The minimum Gasteiger partial charge on any atom is -0.507 e. The molecule has 0 bridgehead atoms. The van der Waals surface area contributed by atoms with E-state index in [-0.39, 0.29) is 5.75 Å². The topological polar surface area (TPSA) is 69.9 Å². The molecule has 28 heavy (non-hydrogen) atoms. The molecule has 7 nitrogen and oxygen atoms in total. The van der Waals surface area contributed by atoms with Crippen LogP contribution in [0.3, 0.4) is 0 Å². The van der Waals surface area contributed by atoms with Crippen molar-refractivity contribution in [3.8, 4) is 5.75 Å². The molecular formula is C20H29ClN4O3. The van der Waals surface area contributed by atoms with Gasteiger partial charge in [-0.15, -0.1) is 0 Å². The molecule has 1 N–H and O–H groups in total. The average Bonchev–Trinajstić information content (AvgIpc) is 2.73. The third-order valence-electron chi connectivity index (χ3n) is 4.90. The summed E-state index contributed by atoms with van der Waals surface area (Å²) in [5.74, 6) is 0.161. The van der Waals surface area contributed by atoms with Crippen LogP contribution in [0.15, 0.2) is 22.1 Å². The van der Waals surface area contributed by atoms with E-state index in [1.54, 1.807) is 24.6 Å². The van der Waals surface area contributed by atoms with Gasteiger partial charge in [0.1, 0.15) is 5.75 Å². The number of benzene rings is 1. The number of hydrogen-bond acceptors (Lipinski definition) is 7. The molecule has 2 saturated heterocycles. The molecule has 0 unspecified atom stereocenters. The molecular weight excluding hydrogens is 380 g/mol. The molecule has 0 aliphatic carbocycles. The largest absolute Gasteiger partial charge is 0.507 e. The second kappa shape index (κ2) is 11.5. The van der Waals surface area contributed by atoms with Gasteiger partial charge in [-0.2, -0.15) is 0 Å². The lowest BCUT2D eigenvalue weighted by molar-refractivity contribution is 0.0394. The minimum absolute atomic E-state index is 0.161. The molecule has 8 heteroatoms. The molecule has 1 aromatic rings. The van der Waals surface area contributed by atoms with Crippen LogP contribution in [-0.2, 0) is 9.47 Å². The Morgan fingerprint density at radius 3 is 1.89 bits per heavy atom. The third kappa shape index (κ3) is 6.83. The summed E-state index contributed by atoms with van der Waals surface area (Å²) in [6.45, 7) is 10.1. The predicted molar refractivity (Wildman–Crippen MR) is 113 cm³/mol. The standard InChI is InChI=1S/C20H29ClN4O3/c21-19-13-18(16-23-2-4-25-7-11-28-12-8-25)20(26)14-17(19)15-22-1-3-24-5-9-27-10-6-24/h13-16,26H,1-12H2. The Morgan fingerprint density at radius 2 is 1.36 bits per heavy atom. The average molecular weight is 409 g/mol. The first-order valence-corrected chi connectivity index (χ1v) is 10.2. The van der Waals surface area contributed by atoms with E-state index in [1.807, 2.05) is 0 Å². The normalized spacial score (nSPS) is 19.8. The Bertz CT molecular complexity index is 614. The maximum atomic E-state index is 10.3. The molecule has 3 rings (SSSR count). The number of aliphatic imine (C=N–C) groups is 2. The second-order valence-corrected chi connectivity index (χ2v) is 7.32. The lowest BCUT2D eigenvalue weighted by Gasteiger charge is -2.25. The number of phenolic OH excluding ortho intramolecular Hbond substituents is 1. The Morgan fingerprint density at radius 1 is 0.857 bits per heavy atom. The van der Waals surface area contributed by atoms with Crippen LogP contribution in [-0.4, -0.2) is 106 Å². The van der Waals surface area contributed by atoms with Crippen molar-refractivity contribution in [2.45, 2.75) is 0 Å². The van der Waals surface area contributed by atoms with Gasteiger partial charge in [-0.3, -0.25) is 19.8 Å². The molecule has 0 saturated carbocycles. The number of ether oxygens (including phenoxy) is 2. The SMILES string of the molecule is Oc1cc(C=NCCN2CCOCC2)c(Cl)cc1C=NCCN1CCOCC1. The highest BCUT2D eigenvalue weighted by molar-refractivity contribution is 6.33. The maximum Gasteiger partial charge on any atom is 0.125 e. The molecule has 1 aromatic carbocycles. The number of halogens is 1. The molecule has 0 atom stereocenters. The molecule has 2 aliphatic heterocycles. The summed E-state index contributed by atoms with van der Waals surface area (Å²) >= 11 is 6.35. The summed E-state index contributed by atoms with van der Waals surface area (Å²) < 4.78 is 10.7. The van der Waals surface area contributed by atoms with Crippen molar-refractivity contribution in [1.82, 2.24) is 9.80 Å². The van der Waals surface area contributed by atoms with Crippen LogP contribution in [0.5, 0.6) is 5.75 Å². The third-order valence-corrected chi connectivity index (χ3v) is 5.23. The van der Waals surface area contributed by atoms with E-state index >= 15 is 0 Å². The van der Waals surface area contributed by atoms with Gasteiger partial charge in [0, 0.05) is 62.8 Å². The summed E-state index contributed by atoms with van der Waals surface area (Å²) in [7, 11) is 0. The Hall–Kier alpha value is -1.51. The van der Waals surface area contributed by atoms with Gasteiger partial charge >= 0.3 is 0 Å². The fourth-order valence-corrected chi connectivity index (χ4v) is 3.39. The maximum absolute atomic E-state index is 10.3. The van der Waals surface area contributed by atoms with Crippen molar-refractivity contribution < 1.29 is 14.6 Å². The summed E-state index contributed by atoms with van der Waals surface area (Å²) in [6, 6.07) is 3.38. The number of aromatic hydroxyl groups is 1. The van der Waals surface area contributed by atoms with Gasteiger partial charge in [-0.25, -0.2) is 0 Å². The lowest BCUT2D eigenvalue weighted by Crippen LogP contribution is -2.37. The quantitative estimate of drug-likeness (QED) is 0.661. The van der Waals surface area contributed by atoms with E-state index in [2.05, 4.69) is 19.8 Å². The minimum atomic E-state index is 0.161. The summed E-state index contributed by atoms with van der Waals surface area (Å²) in [4.78, 5) is 13.5. The fraction of sp³-hybridized carbons (Fsp3) is 0.600. The van der Waals surface area contributed by atoms with Gasteiger partial charge in [-0.05, 0) is 12.1 Å². The summed E-state index contributed by atoms with van der Waals surface area (Å²) in [5, 5.41) is 10.8. The smallest absolute Gasteiger partial charge is 0.125 e. The van der Waals surface area contributed by atoms with Crippen molar-refractivity contribution in [2.75, 3.05) is 78.8 Å². The van der Waals surface area contributed by atoms with Crippen LogP contribution in [0.1, 0.15) is 11.1 Å². The summed E-state index contributed by atoms with van der Waals surface area (Å²) in [5.41, 5.74) is 1.34. The second-order valence-electron chi connectivity index (χ2n) is 6.91. The van der Waals surface area contributed by atoms with Gasteiger partial charge in [0.25, 0.3) is 0 Å². The van der Waals surface area contributed by atoms with Crippen LogP contribution in [0.2, 0.25) is 5.02 Å². The van der Waals surface area contributed by atoms with Crippen molar-refractivity contribution in [3.05, 3.63) is 28.3 Å². The highest BCUT2D eigenvalue weighted by Gasteiger charge is 2.10. The zero-order valence-corrected chi connectivity index (χ0v) is 17.0. The Kier molecular flexibility index (Phi) is 8.70. The molecule has 2 fully saturated rings. The van der Waals surface area contributed by atoms with E-state index in [9.17, 15) is 5.11 Å². The van der Waals surface area contributed by atoms with E-state index in [4.69, 9.17) is 21.1 Å². The zero-order chi connectivity index (χ0) is 19.6. The predicted octanol–water partition coefficient (Wildman–Crippen LogP) is 1.55. The molecule has 2 aliphatic rings. The number of phenols is 1. The molecule has 154 valence electrons. The van der Waals surface area contributed by atoms with Crippen molar-refractivity contribution >= 4 is 24.0 Å². The van der Waals surface area contributed by atoms with E-state index in [0.29, 0.717) is 29.2 Å². The first-order valence-electron chi connectivity index (χ1n) is 9.85. The molecule has 0 aromatic heterocycles. The lowest BCUT2D eigenvalue weighted by atomic mass is 10.1. The monoisotopic (exact) mass is 408 g/mol. The van der Waals surface area contributed by atoms with Crippen LogP contribution in [0, 0.1) is 0 Å². The van der Waals surface area contributed by atoms with E-state index in [0.717, 1.165) is 65.7 Å². The van der Waals surface area contributed by atoms with Crippen molar-refractivity contribution in [3.63, 3.8) is 0 Å². The number of hydrogen-bond donors (Lipinski definition) is 1. The zero-order valence-electron chi connectivity index (χ0n) is 16.2. The highest BCUT2D eigenvalue weighted by atomic mass is 35.5. The highest BCUT2D eigenvalue weighted by Crippen LogP contribution is 2.24. The molecule has 0 spiro atoms. The molecule has 0 radical (unpaired) electrons. The summed E-state index contributed by atoms with van der Waals surface area (Å²) in [6.07, 6.45) is 3.41. The van der Waals surface area contributed by atoms with E-state index in [1.165, 1.54) is 0 Å². The Labute approximate surface area is 171 Å². The van der Waals surface area contributed by atoms with Gasteiger partial charge in [0.15, 0.2) is 0 Å². The number of morpholine rings is 2. The number of rotatable bonds is 8. The molecule has 2 heterocycles. The van der Waals surface area contributed by atoms with Crippen LogP contribution < -0.4 is 0 Å². The van der Waals surface area contributed by atoms with Crippen LogP contribution in [0.25, 0.3) is 0 Å². The fourth-order valence-electron chi connectivity index (χ4n) is 3.17. The first kappa shape index (κ1) is 21.2. The van der Waals surface area contributed by atoms with Gasteiger partial charge < -0.3 is 14.6 Å². The van der Waals surface area contributed by atoms with Crippen LogP contribution >= 0.6 is 11.6 Å². The van der Waals surface area contributed by atoms with Crippen molar-refractivity contribution in [1.29, 1.82) is 0 Å². The van der Waals surface area contributed by atoms with E-state index < -0.39 is 0 Å². The van der Waals surface area contributed by atoms with Gasteiger partial charge in [0.2, 0.25) is 0 Å². The molecule has 0 amide bonds. The van der Waals surface area contributed by atoms with Gasteiger partial charge in [-0.1, -0.05) is 11.6 Å².